The Morgan fingerprint density at radius 1 is 1.30 bits per heavy atom. The van der Waals surface area contributed by atoms with Gasteiger partial charge in [0.2, 0.25) is 0 Å². The van der Waals surface area contributed by atoms with Crippen molar-refractivity contribution in [1.82, 2.24) is 19.9 Å². The highest BCUT2D eigenvalue weighted by molar-refractivity contribution is 5.45. The summed E-state index contributed by atoms with van der Waals surface area (Å²) in [6.45, 7) is 5.93. The van der Waals surface area contributed by atoms with Gasteiger partial charge in [-0.2, -0.15) is 5.26 Å². The van der Waals surface area contributed by atoms with E-state index in [0.29, 0.717) is 35.6 Å². The van der Waals surface area contributed by atoms with Crippen molar-refractivity contribution >= 4 is 11.9 Å². The Hall–Kier alpha value is -3.18. The van der Waals surface area contributed by atoms with Gasteiger partial charge in [-0.3, -0.25) is 9.69 Å². The van der Waals surface area contributed by atoms with Gasteiger partial charge in [0, 0.05) is 62.5 Å². The molecule has 8 heteroatoms. The first kappa shape index (κ1) is 18.6. The van der Waals surface area contributed by atoms with Crippen LogP contribution in [-0.4, -0.2) is 52.6 Å². The summed E-state index contributed by atoms with van der Waals surface area (Å²) < 4.78 is 0. The quantitative estimate of drug-likeness (QED) is 0.802. The number of nitrogens with zero attached hydrogens (tertiary/aromatic N) is 5. The van der Waals surface area contributed by atoms with Gasteiger partial charge in [0.05, 0.1) is 5.56 Å². The number of H-pyrrole nitrogens is 1. The number of hydrogen-bond acceptors (Lipinski definition) is 7. The van der Waals surface area contributed by atoms with E-state index in [4.69, 9.17) is 11.0 Å². The number of nitrogens with one attached hydrogen (secondary N) is 1. The molecule has 0 spiro atoms. The van der Waals surface area contributed by atoms with Crippen molar-refractivity contribution in [2.24, 2.45) is 5.73 Å². The number of aromatic nitrogens is 3. The van der Waals surface area contributed by atoms with Crippen LogP contribution in [0.1, 0.15) is 23.9 Å². The van der Waals surface area contributed by atoms with Gasteiger partial charge in [-0.25, -0.2) is 9.97 Å². The topological polar surface area (TPSA) is 115 Å². The summed E-state index contributed by atoms with van der Waals surface area (Å²) in [6, 6.07) is 5.74. The Morgan fingerprint density at radius 2 is 2.07 bits per heavy atom. The third kappa shape index (κ3) is 4.71. The predicted octanol–water partition coefficient (Wildman–Crippen LogP) is 0.721. The molecule has 1 aliphatic heterocycles. The zero-order valence-electron chi connectivity index (χ0n) is 15.4. The molecule has 0 amide bonds. The van der Waals surface area contributed by atoms with Crippen LogP contribution in [0.25, 0.3) is 6.08 Å². The van der Waals surface area contributed by atoms with Crippen molar-refractivity contribution in [3.63, 3.8) is 0 Å². The monoisotopic (exact) mass is 365 g/mol. The van der Waals surface area contributed by atoms with E-state index in [2.05, 4.69) is 30.8 Å². The zero-order chi connectivity index (χ0) is 19.2. The van der Waals surface area contributed by atoms with Gasteiger partial charge in [0.1, 0.15) is 17.7 Å². The van der Waals surface area contributed by atoms with Gasteiger partial charge in [-0.1, -0.05) is 6.92 Å². The summed E-state index contributed by atoms with van der Waals surface area (Å²) in [4.78, 5) is 27.6. The molecule has 0 atom stereocenters. The van der Waals surface area contributed by atoms with E-state index in [0.717, 1.165) is 32.0 Å². The number of anilines is 1. The maximum absolute atomic E-state index is 11.8. The van der Waals surface area contributed by atoms with E-state index < -0.39 is 0 Å². The summed E-state index contributed by atoms with van der Waals surface area (Å²) in [5.41, 5.74) is 7.91. The van der Waals surface area contributed by atoms with Gasteiger partial charge in [-0.05, 0) is 18.6 Å². The van der Waals surface area contributed by atoms with E-state index in [1.165, 1.54) is 0 Å². The van der Waals surface area contributed by atoms with Crippen LogP contribution in [0.2, 0.25) is 0 Å². The number of nitrogens with two attached hydrogens (primary N) is 1. The lowest BCUT2D eigenvalue weighted by Crippen LogP contribution is -2.47. The van der Waals surface area contributed by atoms with Crippen LogP contribution in [0.3, 0.4) is 0 Å². The van der Waals surface area contributed by atoms with Crippen molar-refractivity contribution in [3.8, 4) is 6.07 Å². The number of nitriles is 1. The fourth-order valence-electron chi connectivity index (χ4n) is 3.01. The Labute approximate surface area is 158 Å². The minimum absolute atomic E-state index is 0.116. The van der Waals surface area contributed by atoms with Crippen LogP contribution >= 0.6 is 0 Å². The fourth-order valence-corrected chi connectivity index (χ4v) is 3.01. The minimum atomic E-state index is -0.116. The van der Waals surface area contributed by atoms with Crippen LogP contribution in [-0.2, 0) is 6.42 Å². The van der Waals surface area contributed by atoms with Crippen LogP contribution < -0.4 is 16.2 Å². The van der Waals surface area contributed by atoms with E-state index in [1.807, 2.05) is 13.0 Å². The molecule has 0 saturated carbocycles. The Kier molecular flexibility index (Phi) is 5.84. The third-order valence-electron chi connectivity index (χ3n) is 4.58. The van der Waals surface area contributed by atoms with Crippen molar-refractivity contribution in [3.05, 3.63) is 57.5 Å². The number of aromatic amines is 1. The molecule has 8 nitrogen and oxygen atoms in total. The molecule has 3 rings (SSSR count). The Bertz CT molecular complexity index is 903. The fraction of sp³-hybridized carbons (Fsp3) is 0.368. The summed E-state index contributed by atoms with van der Waals surface area (Å²) in [5, 5.41) is 8.85. The minimum Gasteiger partial charge on any atom is -0.401 e. The highest BCUT2D eigenvalue weighted by atomic mass is 16.1. The molecule has 0 bridgehead atoms. The molecule has 2 aromatic rings. The molecule has 0 aliphatic carbocycles. The van der Waals surface area contributed by atoms with Crippen LogP contribution in [0.4, 0.5) is 5.82 Å². The molecule has 140 valence electrons. The van der Waals surface area contributed by atoms with Gasteiger partial charge < -0.3 is 15.6 Å². The summed E-state index contributed by atoms with van der Waals surface area (Å²) >= 11 is 0. The molecule has 1 fully saturated rings. The molecular formula is C19H23N7O. The molecule has 0 radical (unpaired) electrons. The first-order chi connectivity index (χ1) is 13.1. The van der Waals surface area contributed by atoms with Gasteiger partial charge in [-0.15, -0.1) is 0 Å². The summed E-state index contributed by atoms with van der Waals surface area (Å²) in [6.07, 6.45) is 5.57. The molecule has 3 heterocycles. The molecule has 3 N–H and O–H groups in total. The predicted molar refractivity (Wildman–Crippen MR) is 104 cm³/mol. The van der Waals surface area contributed by atoms with Crippen molar-refractivity contribution in [2.75, 3.05) is 37.6 Å². The first-order valence-corrected chi connectivity index (χ1v) is 8.96. The van der Waals surface area contributed by atoms with Gasteiger partial charge in [0.25, 0.3) is 5.56 Å². The third-order valence-corrected chi connectivity index (χ3v) is 4.58. The Morgan fingerprint density at radius 3 is 2.67 bits per heavy atom. The molecule has 0 aromatic carbocycles. The largest absolute Gasteiger partial charge is 0.401 e. The molecule has 1 aliphatic rings. The first-order valence-electron chi connectivity index (χ1n) is 8.96. The normalized spacial score (nSPS) is 15.6. The molecule has 27 heavy (non-hydrogen) atoms. The van der Waals surface area contributed by atoms with E-state index >= 15 is 0 Å². The lowest BCUT2D eigenvalue weighted by atomic mass is 10.2. The second kappa shape index (κ2) is 8.47. The highest BCUT2D eigenvalue weighted by Gasteiger charge is 2.18. The lowest BCUT2D eigenvalue weighted by Gasteiger charge is -2.35. The number of hydrogen-bond donors (Lipinski definition) is 2. The van der Waals surface area contributed by atoms with E-state index in [9.17, 15) is 4.79 Å². The molecule has 0 unspecified atom stereocenters. The summed E-state index contributed by atoms with van der Waals surface area (Å²) in [5.74, 6) is 1.37. The highest BCUT2D eigenvalue weighted by Crippen LogP contribution is 2.14. The van der Waals surface area contributed by atoms with Crippen molar-refractivity contribution in [2.45, 2.75) is 13.3 Å². The van der Waals surface area contributed by atoms with Crippen molar-refractivity contribution < 1.29 is 0 Å². The number of rotatable bonds is 5. The molecular weight excluding hydrogens is 342 g/mol. The maximum Gasteiger partial charge on any atom is 0.254 e. The zero-order valence-corrected chi connectivity index (χ0v) is 15.4. The van der Waals surface area contributed by atoms with E-state index in [-0.39, 0.29) is 5.56 Å². The van der Waals surface area contributed by atoms with Gasteiger partial charge in [0.15, 0.2) is 0 Å². The smallest absolute Gasteiger partial charge is 0.254 e. The van der Waals surface area contributed by atoms with Gasteiger partial charge >= 0.3 is 0 Å². The molecule has 1 saturated heterocycles. The second-order valence-corrected chi connectivity index (χ2v) is 6.48. The maximum atomic E-state index is 11.8. The standard InChI is InChI=1S/C19H23N7O/c1-2-15-12-22-17(24-19(15)27)9-16(21)13-25-5-7-26(8-6-25)18-4-3-14(10-20)11-23-18/h3-4,9,11-12H,2,5-8,13,21H2,1H3,(H,22,24,27)/b16-9-. The average molecular weight is 365 g/mol. The van der Waals surface area contributed by atoms with Crippen LogP contribution in [0.15, 0.2) is 35.0 Å². The SMILES string of the molecule is CCc1cnc(/C=C(\N)CN2CCN(c3ccc(C#N)cn3)CC2)[nH]c1=O. The number of piperazine rings is 1. The molecule has 2 aromatic heterocycles. The summed E-state index contributed by atoms with van der Waals surface area (Å²) in [7, 11) is 0. The van der Waals surface area contributed by atoms with E-state index in [1.54, 1.807) is 24.5 Å². The van der Waals surface area contributed by atoms with Crippen LogP contribution in [0, 0.1) is 11.3 Å². The second-order valence-electron chi connectivity index (χ2n) is 6.48. The Balaban J connectivity index is 1.56. The number of pyridine rings is 1. The van der Waals surface area contributed by atoms with Crippen molar-refractivity contribution in [1.29, 1.82) is 5.26 Å². The van der Waals surface area contributed by atoms with Crippen LogP contribution in [0.5, 0.6) is 0 Å². The number of aryl methyl sites for hydroxylation is 1. The average Bonchev–Trinajstić information content (AvgIpc) is 2.69. The lowest BCUT2D eigenvalue weighted by molar-refractivity contribution is 0.277.